The molecule has 0 spiro atoms. The maximum Gasteiger partial charge on any atom is 0.343 e. The fraction of sp³-hybridized carbons (Fsp3) is 0.200. The Hall–Kier alpha value is -7.48. The molecule has 0 radical (unpaired) electrons. The predicted octanol–water partition coefficient (Wildman–Crippen LogP) is 6.73. The fourth-order valence-corrected chi connectivity index (χ4v) is 6.04. The number of hydrogen-bond donors (Lipinski definition) is 0. The summed E-state index contributed by atoms with van der Waals surface area (Å²) in [6.07, 6.45) is 10.8. The molecular formula is C45H38N2O12. The number of hydrogen-bond acceptors (Lipinski definition) is 12. The minimum Gasteiger partial charge on any atom is -0.462 e. The molecular weight excluding hydrogens is 760 g/mol. The Labute approximate surface area is 338 Å². The summed E-state index contributed by atoms with van der Waals surface area (Å²) in [5.41, 5.74) is 1.75. The molecule has 2 aliphatic rings. The first-order chi connectivity index (χ1) is 28.6. The van der Waals surface area contributed by atoms with Crippen LogP contribution in [0.5, 0.6) is 11.5 Å². The van der Waals surface area contributed by atoms with Crippen molar-refractivity contribution in [1.29, 1.82) is 0 Å². The van der Waals surface area contributed by atoms with Crippen LogP contribution in [0.15, 0.2) is 121 Å². The van der Waals surface area contributed by atoms with Gasteiger partial charge < -0.3 is 18.9 Å². The lowest BCUT2D eigenvalue weighted by atomic mass is 10.1. The highest BCUT2D eigenvalue weighted by atomic mass is 16.5. The number of rotatable bonds is 18. The molecule has 59 heavy (non-hydrogen) atoms. The van der Waals surface area contributed by atoms with Crippen LogP contribution in [-0.4, -0.2) is 60.7 Å². The minimum atomic E-state index is -0.643. The average Bonchev–Trinajstić information content (AvgIpc) is 3.77. The van der Waals surface area contributed by atoms with Crippen molar-refractivity contribution in [3.8, 4) is 11.5 Å². The number of anilines is 2. The number of unbranched alkanes of at least 4 members (excludes halogenated alkanes) is 6. The van der Waals surface area contributed by atoms with Crippen LogP contribution in [0.3, 0.4) is 0 Å². The van der Waals surface area contributed by atoms with E-state index in [9.17, 15) is 38.4 Å². The predicted molar refractivity (Wildman–Crippen MR) is 212 cm³/mol. The number of ether oxygens (including phenoxy) is 4. The quantitative estimate of drug-likeness (QED) is 0.0449. The first kappa shape index (κ1) is 41.2. The first-order valence-corrected chi connectivity index (χ1v) is 18.9. The lowest BCUT2D eigenvalue weighted by Crippen LogP contribution is -2.29. The lowest BCUT2D eigenvalue weighted by Gasteiger charge is -2.14. The van der Waals surface area contributed by atoms with Crippen molar-refractivity contribution in [3.63, 3.8) is 0 Å². The van der Waals surface area contributed by atoms with Crippen LogP contribution >= 0.6 is 0 Å². The van der Waals surface area contributed by atoms with Crippen LogP contribution < -0.4 is 19.3 Å². The van der Waals surface area contributed by atoms with E-state index in [2.05, 4.69) is 0 Å². The Morgan fingerprint density at radius 1 is 0.356 bits per heavy atom. The number of benzene rings is 4. The van der Waals surface area contributed by atoms with E-state index in [4.69, 9.17) is 18.9 Å². The van der Waals surface area contributed by atoms with Gasteiger partial charge >= 0.3 is 23.9 Å². The molecule has 0 aliphatic carbocycles. The van der Waals surface area contributed by atoms with Gasteiger partial charge in [0, 0.05) is 24.3 Å². The zero-order valence-corrected chi connectivity index (χ0v) is 31.7. The summed E-state index contributed by atoms with van der Waals surface area (Å²) in [6, 6.07) is 23.7. The van der Waals surface area contributed by atoms with E-state index in [1.807, 2.05) is 0 Å². The molecule has 0 unspecified atom stereocenters. The Bertz CT molecular complexity index is 2100. The molecule has 14 nitrogen and oxygen atoms in total. The van der Waals surface area contributed by atoms with E-state index in [1.165, 1.54) is 121 Å². The highest BCUT2D eigenvalue weighted by Crippen LogP contribution is 2.23. The van der Waals surface area contributed by atoms with Gasteiger partial charge in [-0.05, 0) is 110 Å². The largest absolute Gasteiger partial charge is 0.462 e. The zero-order chi connectivity index (χ0) is 41.7. The van der Waals surface area contributed by atoms with Crippen molar-refractivity contribution < 1.29 is 57.3 Å². The zero-order valence-electron chi connectivity index (χ0n) is 31.7. The van der Waals surface area contributed by atoms with Gasteiger partial charge in [0.1, 0.15) is 11.5 Å². The van der Waals surface area contributed by atoms with E-state index >= 15 is 0 Å². The van der Waals surface area contributed by atoms with Crippen molar-refractivity contribution in [3.05, 3.63) is 144 Å². The molecule has 0 N–H and O–H groups in total. The smallest absolute Gasteiger partial charge is 0.343 e. The molecule has 0 aromatic heterocycles. The Morgan fingerprint density at radius 3 is 0.949 bits per heavy atom. The number of esters is 4. The van der Waals surface area contributed by atoms with E-state index in [0.717, 1.165) is 41.9 Å². The Balaban J connectivity index is 0.785. The topological polar surface area (TPSA) is 180 Å². The second-order valence-corrected chi connectivity index (χ2v) is 13.4. The van der Waals surface area contributed by atoms with Crippen LogP contribution in [0.1, 0.15) is 86.4 Å². The normalized spacial score (nSPS) is 13.2. The van der Waals surface area contributed by atoms with Gasteiger partial charge in [-0.25, -0.2) is 29.0 Å². The highest BCUT2D eigenvalue weighted by molar-refractivity contribution is 6.28. The van der Waals surface area contributed by atoms with Gasteiger partial charge in [-0.3, -0.25) is 19.2 Å². The second kappa shape index (κ2) is 19.6. The molecule has 2 heterocycles. The van der Waals surface area contributed by atoms with Gasteiger partial charge in [-0.2, -0.15) is 0 Å². The molecule has 4 amide bonds. The van der Waals surface area contributed by atoms with Gasteiger partial charge in [0.25, 0.3) is 23.6 Å². The molecule has 0 saturated heterocycles. The number of carbonyl (C=O) groups is 8. The maximum atomic E-state index is 12.6. The summed E-state index contributed by atoms with van der Waals surface area (Å²) < 4.78 is 21.5. The van der Waals surface area contributed by atoms with Crippen LogP contribution in [-0.2, 0) is 28.7 Å². The van der Waals surface area contributed by atoms with Gasteiger partial charge in [0.2, 0.25) is 0 Å². The molecule has 6 rings (SSSR count). The summed E-state index contributed by atoms with van der Waals surface area (Å²) in [6.45, 7) is 0.545. The lowest BCUT2D eigenvalue weighted by molar-refractivity contribution is -0.121. The third-order valence-electron chi connectivity index (χ3n) is 9.20. The molecule has 0 atom stereocenters. The minimum absolute atomic E-state index is 0.217. The summed E-state index contributed by atoms with van der Waals surface area (Å²) in [5, 5.41) is 0. The van der Waals surface area contributed by atoms with Gasteiger partial charge in [0.15, 0.2) is 0 Å². The first-order valence-electron chi connectivity index (χ1n) is 18.9. The van der Waals surface area contributed by atoms with Crippen molar-refractivity contribution in [1.82, 2.24) is 0 Å². The highest BCUT2D eigenvalue weighted by Gasteiger charge is 2.26. The van der Waals surface area contributed by atoms with Crippen LogP contribution in [0.4, 0.5) is 11.4 Å². The number of carbonyl (C=O) groups excluding carboxylic acids is 8. The molecule has 300 valence electrons. The SMILES string of the molecule is O=C(OCCCCCCCCCOC(=O)c1ccc(OC(=O)c2ccc(N3C(=O)C=CC3=O)cc2)cc1)c1ccc(OC(=O)c2ccc(N3C(=O)C=CC3=O)cc2)cc1. The van der Waals surface area contributed by atoms with E-state index in [-0.39, 0.29) is 35.8 Å². The molecule has 0 saturated carbocycles. The number of amides is 4. The van der Waals surface area contributed by atoms with Crippen molar-refractivity contribution in [2.45, 2.75) is 44.9 Å². The van der Waals surface area contributed by atoms with Crippen LogP contribution in [0.2, 0.25) is 0 Å². The summed E-state index contributed by atoms with van der Waals surface area (Å²) in [4.78, 5) is 99.4. The van der Waals surface area contributed by atoms with Crippen molar-refractivity contribution in [2.24, 2.45) is 0 Å². The van der Waals surface area contributed by atoms with Crippen molar-refractivity contribution in [2.75, 3.05) is 23.0 Å². The Kier molecular flexibility index (Phi) is 13.7. The average molecular weight is 799 g/mol. The van der Waals surface area contributed by atoms with E-state index in [0.29, 0.717) is 35.3 Å². The number of nitrogens with zero attached hydrogens (tertiary/aromatic N) is 2. The molecule has 4 aromatic carbocycles. The molecule has 4 aromatic rings. The number of imide groups is 2. The van der Waals surface area contributed by atoms with Crippen LogP contribution in [0, 0.1) is 0 Å². The molecule has 0 bridgehead atoms. The molecule has 14 heteroatoms. The second-order valence-electron chi connectivity index (χ2n) is 13.4. The summed E-state index contributed by atoms with van der Waals surface area (Å²) in [7, 11) is 0. The summed E-state index contributed by atoms with van der Waals surface area (Å²) in [5.74, 6) is -3.62. The summed E-state index contributed by atoms with van der Waals surface area (Å²) >= 11 is 0. The third-order valence-corrected chi connectivity index (χ3v) is 9.20. The van der Waals surface area contributed by atoms with Gasteiger partial charge in [-0.15, -0.1) is 0 Å². The monoisotopic (exact) mass is 798 g/mol. The fourth-order valence-electron chi connectivity index (χ4n) is 6.04. The van der Waals surface area contributed by atoms with Crippen molar-refractivity contribution >= 4 is 58.9 Å². The third kappa shape index (κ3) is 10.9. The standard InChI is InChI=1S/C45H38N2O12/c48-38-24-25-39(49)46(38)34-16-8-32(9-17-34)44(54)58-36-20-12-30(13-21-36)42(52)56-28-6-4-2-1-3-5-7-29-57-43(53)31-14-22-37(23-15-31)59-45(55)33-10-18-35(19-11-33)47-40(50)26-27-41(47)51/h8-27H,1-7,28-29H2. The van der Waals surface area contributed by atoms with E-state index < -0.39 is 47.5 Å². The van der Waals surface area contributed by atoms with Crippen LogP contribution in [0.25, 0.3) is 0 Å². The van der Waals surface area contributed by atoms with E-state index in [1.54, 1.807) is 0 Å². The van der Waals surface area contributed by atoms with Gasteiger partial charge in [-0.1, -0.05) is 32.1 Å². The Morgan fingerprint density at radius 2 is 0.627 bits per heavy atom. The molecule has 2 aliphatic heterocycles. The van der Waals surface area contributed by atoms with Gasteiger partial charge in [0.05, 0.1) is 46.8 Å². The maximum absolute atomic E-state index is 12.6. The molecule has 0 fully saturated rings.